The van der Waals surface area contributed by atoms with Gasteiger partial charge in [-0.15, -0.1) is 0 Å². The van der Waals surface area contributed by atoms with Crippen LogP contribution in [-0.2, 0) is 6.61 Å². The highest BCUT2D eigenvalue weighted by atomic mass is 16.5. The van der Waals surface area contributed by atoms with Crippen molar-refractivity contribution in [1.82, 2.24) is 0 Å². The summed E-state index contributed by atoms with van der Waals surface area (Å²) in [7, 11) is 0. The lowest BCUT2D eigenvalue weighted by Crippen LogP contribution is -2.05. The maximum Gasteiger partial charge on any atom is 0.119 e. The fourth-order valence-electron chi connectivity index (χ4n) is 0.964. The van der Waals surface area contributed by atoms with Gasteiger partial charge in [0.1, 0.15) is 5.75 Å². The molecule has 0 unspecified atom stereocenters. The zero-order valence-electron chi connectivity index (χ0n) is 7.57. The van der Waals surface area contributed by atoms with Crippen molar-refractivity contribution in [2.75, 3.05) is 13.2 Å². The number of benzene rings is 1. The average molecular weight is 181 g/mol. The summed E-state index contributed by atoms with van der Waals surface area (Å²) in [6.45, 7) is 1.37. The quantitative estimate of drug-likeness (QED) is 0.664. The van der Waals surface area contributed by atoms with Gasteiger partial charge in [-0.3, -0.25) is 0 Å². The van der Waals surface area contributed by atoms with E-state index in [4.69, 9.17) is 15.6 Å². The predicted octanol–water partition coefficient (Wildman–Crippen LogP) is 0.907. The minimum absolute atomic E-state index is 0.0725. The Morgan fingerprint density at radius 3 is 2.46 bits per heavy atom. The van der Waals surface area contributed by atoms with E-state index in [0.29, 0.717) is 13.2 Å². The predicted molar refractivity (Wildman–Crippen MR) is 51.5 cm³/mol. The summed E-state index contributed by atoms with van der Waals surface area (Å²) in [5.74, 6) is 0.825. The van der Waals surface area contributed by atoms with Crippen LogP contribution in [0.4, 0.5) is 0 Å². The van der Waals surface area contributed by atoms with E-state index in [1.54, 1.807) is 0 Å². The minimum Gasteiger partial charge on any atom is -0.494 e. The van der Waals surface area contributed by atoms with E-state index in [-0.39, 0.29) is 6.61 Å². The monoisotopic (exact) mass is 181 g/mol. The summed E-state index contributed by atoms with van der Waals surface area (Å²) in [6, 6.07) is 7.39. The Labute approximate surface area is 78.1 Å². The van der Waals surface area contributed by atoms with Gasteiger partial charge in [0.2, 0.25) is 0 Å². The third-order valence-corrected chi connectivity index (χ3v) is 1.72. The molecule has 0 aliphatic heterocycles. The molecular formula is C10H15NO2. The molecule has 0 radical (unpaired) electrons. The lowest BCUT2D eigenvalue weighted by atomic mass is 10.2. The van der Waals surface area contributed by atoms with Crippen molar-refractivity contribution in [3.63, 3.8) is 0 Å². The summed E-state index contributed by atoms with van der Waals surface area (Å²) in [5, 5.41) is 8.79. The summed E-state index contributed by atoms with van der Waals surface area (Å²) < 4.78 is 5.38. The Kier molecular flexibility index (Phi) is 4.29. The second kappa shape index (κ2) is 5.56. The van der Waals surface area contributed by atoms with Crippen molar-refractivity contribution in [3.8, 4) is 5.75 Å². The fraction of sp³-hybridized carbons (Fsp3) is 0.400. The SMILES string of the molecule is NCCCOc1ccc(CO)cc1. The minimum atomic E-state index is 0.0725. The maximum atomic E-state index is 8.79. The number of rotatable bonds is 5. The number of aliphatic hydroxyl groups is 1. The van der Waals surface area contributed by atoms with Gasteiger partial charge in [-0.1, -0.05) is 12.1 Å². The van der Waals surface area contributed by atoms with E-state index in [1.807, 2.05) is 24.3 Å². The van der Waals surface area contributed by atoms with Crippen molar-refractivity contribution in [1.29, 1.82) is 0 Å². The molecule has 0 aliphatic carbocycles. The summed E-state index contributed by atoms with van der Waals surface area (Å²) in [6.07, 6.45) is 0.863. The van der Waals surface area contributed by atoms with Crippen molar-refractivity contribution >= 4 is 0 Å². The molecule has 0 saturated heterocycles. The molecule has 0 fully saturated rings. The van der Waals surface area contributed by atoms with Crippen LogP contribution in [0.1, 0.15) is 12.0 Å². The van der Waals surface area contributed by atoms with Gasteiger partial charge in [0.15, 0.2) is 0 Å². The molecule has 0 bridgehead atoms. The molecule has 3 N–H and O–H groups in total. The highest BCUT2D eigenvalue weighted by Crippen LogP contribution is 2.11. The summed E-state index contributed by atoms with van der Waals surface area (Å²) in [4.78, 5) is 0. The number of ether oxygens (including phenoxy) is 1. The van der Waals surface area contributed by atoms with Crippen LogP contribution in [-0.4, -0.2) is 18.3 Å². The van der Waals surface area contributed by atoms with Crippen LogP contribution in [0.2, 0.25) is 0 Å². The molecule has 72 valence electrons. The molecule has 1 aromatic carbocycles. The normalized spacial score (nSPS) is 10.0. The molecular weight excluding hydrogens is 166 g/mol. The zero-order valence-corrected chi connectivity index (χ0v) is 7.57. The Balaban J connectivity index is 2.40. The summed E-state index contributed by atoms with van der Waals surface area (Å²) in [5.41, 5.74) is 6.22. The molecule has 0 aliphatic rings. The van der Waals surface area contributed by atoms with Crippen LogP contribution in [0.3, 0.4) is 0 Å². The van der Waals surface area contributed by atoms with Crippen LogP contribution in [0.5, 0.6) is 5.75 Å². The third-order valence-electron chi connectivity index (χ3n) is 1.72. The van der Waals surface area contributed by atoms with Gasteiger partial charge >= 0.3 is 0 Å². The Morgan fingerprint density at radius 2 is 1.92 bits per heavy atom. The Morgan fingerprint density at radius 1 is 1.23 bits per heavy atom. The molecule has 1 rings (SSSR count). The van der Waals surface area contributed by atoms with E-state index in [9.17, 15) is 0 Å². The first-order chi connectivity index (χ1) is 6.36. The van der Waals surface area contributed by atoms with Crippen molar-refractivity contribution in [3.05, 3.63) is 29.8 Å². The molecule has 13 heavy (non-hydrogen) atoms. The highest BCUT2D eigenvalue weighted by Gasteiger charge is 1.93. The molecule has 0 saturated carbocycles. The van der Waals surface area contributed by atoms with Gasteiger partial charge in [-0.05, 0) is 30.7 Å². The lowest BCUT2D eigenvalue weighted by Gasteiger charge is -2.05. The van der Waals surface area contributed by atoms with Gasteiger partial charge in [0, 0.05) is 0 Å². The molecule has 0 spiro atoms. The van der Waals surface area contributed by atoms with Gasteiger partial charge in [0.05, 0.1) is 13.2 Å². The van der Waals surface area contributed by atoms with E-state index >= 15 is 0 Å². The van der Waals surface area contributed by atoms with Gasteiger partial charge in [0.25, 0.3) is 0 Å². The zero-order chi connectivity index (χ0) is 9.52. The second-order valence-corrected chi connectivity index (χ2v) is 2.79. The number of hydrogen-bond donors (Lipinski definition) is 2. The molecule has 0 amide bonds. The Bertz CT molecular complexity index is 233. The van der Waals surface area contributed by atoms with Gasteiger partial charge < -0.3 is 15.6 Å². The summed E-state index contributed by atoms with van der Waals surface area (Å²) >= 11 is 0. The van der Waals surface area contributed by atoms with E-state index < -0.39 is 0 Å². The van der Waals surface area contributed by atoms with Crippen LogP contribution >= 0.6 is 0 Å². The number of aliphatic hydroxyl groups excluding tert-OH is 1. The average Bonchev–Trinajstić information content (AvgIpc) is 2.19. The molecule has 0 atom stereocenters. The Hall–Kier alpha value is -1.06. The van der Waals surface area contributed by atoms with Crippen molar-refractivity contribution in [2.24, 2.45) is 5.73 Å². The van der Waals surface area contributed by atoms with E-state index in [2.05, 4.69) is 0 Å². The van der Waals surface area contributed by atoms with Crippen molar-refractivity contribution in [2.45, 2.75) is 13.0 Å². The smallest absolute Gasteiger partial charge is 0.119 e. The fourth-order valence-corrected chi connectivity index (χ4v) is 0.964. The van der Waals surface area contributed by atoms with Crippen molar-refractivity contribution < 1.29 is 9.84 Å². The van der Waals surface area contributed by atoms with Gasteiger partial charge in [-0.2, -0.15) is 0 Å². The highest BCUT2D eigenvalue weighted by molar-refractivity contribution is 5.26. The molecule has 0 heterocycles. The standard InChI is InChI=1S/C10H15NO2/c11-6-1-7-13-10-4-2-9(8-12)3-5-10/h2-5,12H,1,6-8,11H2. The van der Waals surface area contributed by atoms with E-state index in [0.717, 1.165) is 17.7 Å². The largest absolute Gasteiger partial charge is 0.494 e. The van der Waals surface area contributed by atoms with Crippen LogP contribution in [0, 0.1) is 0 Å². The first-order valence-corrected chi connectivity index (χ1v) is 4.39. The molecule has 3 heteroatoms. The third kappa shape index (κ3) is 3.44. The first-order valence-electron chi connectivity index (χ1n) is 4.39. The van der Waals surface area contributed by atoms with Crippen LogP contribution < -0.4 is 10.5 Å². The van der Waals surface area contributed by atoms with E-state index in [1.165, 1.54) is 0 Å². The van der Waals surface area contributed by atoms with Crippen LogP contribution in [0.25, 0.3) is 0 Å². The van der Waals surface area contributed by atoms with Gasteiger partial charge in [-0.25, -0.2) is 0 Å². The molecule has 1 aromatic rings. The second-order valence-electron chi connectivity index (χ2n) is 2.79. The topological polar surface area (TPSA) is 55.5 Å². The van der Waals surface area contributed by atoms with Crippen LogP contribution in [0.15, 0.2) is 24.3 Å². The number of nitrogens with two attached hydrogens (primary N) is 1. The molecule has 0 aromatic heterocycles. The first kappa shape index (κ1) is 10.0. The lowest BCUT2D eigenvalue weighted by molar-refractivity contribution is 0.281. The molecule has 3 nitrogen and oxygen atoms in total. The number of hydrogen-bond acceptors (Lipinski definition) is 3. The maximum absolute atomic E-state index is 8.79.